The van der Waals surface area contributed by atoms with Crippen molar-refractivity contribution in [2.75, 3.05) is 5.32 Å². The third kappa shape index (κ3) is 3.64. The van der Waals surface area contributed by atoms with Crippen LogP contribution in [0.1, 0.15) is 10.4 Å². The average molecular weight is 326 g/mol. The summed E-state index contributed by atoms with van der Waals surface area (Å²) in [7, 11) is 0. The van der Waals surface area contributed by atoms with E-state index in [2.05, 4.69) is 15.6 Å². The van der Waals surface area contributed by atoms with Crippen molar-refractivity contribution in [3.63, 3.8) is 0 Å². The number of hydrogen-bond acceptors (Lipinski definition) is 5. The van der Waals surface area contributed by atoms with Crippen molar-refractivity contribution in [2.24, 2.45) is 0 Å². The van der Waals surface area contributed by atoms with Crippen molar-refractivity contribution in [1.82, 2.24) is 15.0 Å². The molecule has 2 aromatic heterocycles. The summed E-state index contributed by atoms with van der Waals surface area (Å²) in [6.07, 6.45) is 2.78. The van der Waals surface area contributed by atoms with Crippen LogP contribution in [-0.4, -0.2) is 26.1 Å². The second kappa shape index (κ2) is 6.45. The summed E-state index contributed by atoms with van der Waals surface area (Å²) < 4.78 is 1.45. The number of nitrogens with zero attached hydrogens (tertiary/aromatic N) is 3. The molecule has 3 rings (SSSR count). The maximum atomic E-state index is 11.1. The standard InChI is InChI=1S/C16H14N4O2S/c1-11-4-6-12(7-5-11)17-15-10-20(19-18-15)13(9-16(21)22)14-3-2-8-23-14/h2-10,17H,1H3,(H,21,22). The summed E-state index contributed by atoms with van der Waals surface area (Å²) in [6.45, 7) is 2.02. The van der Waals surface area contributed by atoms with E-state index in [4.69, 9.17) is 5.11 Å². The lowest BCUT2D eigenvalue weighted by Gasteiger charge is -2.03. The van der Waals surface area contributed by atoms with Crippen LogP contribution >= 0.6 is 11.3 Å². The van der Waals surface area contributed by atoms with E-state index < -0.39 is 5.97 Å². The fraction of sp³-hybridized carbons (Fsp3) is 0.0625. The molecule has 7 heteroatoms. The molecule has 6 nitrogen and oxygen atoms in total. The quantitative estimate of drug-likeness (QED) is 0.703. The van der Waals surface area contributed by atoms with Crippen LogP contribution in [0.3, 0.4) is 0 Å². The second-order valence-electron chi connectivity index (χ2n) is 4.88. The number of carbonyl (C=O) groups is 1. The highest BCUT2D eigenvalue weighted by Crippen LogP contribution is 2.23. The van der Waals surface area contributed by atoms with Gasteiger partial charge in [0.15, 0.2) is 5.82 Å². The Morgan fingerprint density at radius 1 is 1.30 bits per heavy atom. The largest absolute Gasteiger partial charge is 0.478 e. The monoisotopic (exact) mass is 326 g/mol. The molecule has 0 saturated heterocycles. The van der Waals surface area contributed by atoms with Gasteiger partial charge in [0.05, 0.1) is 22.8 Å². The molecule has 0 saturated carbocycles. The zero-order valence-corrected chi connectivity index (χ0v) is 13.1. The number of benzene rings is 1. The van der Waals surface area contributed by atoms with Crippen LogP contribution < -0.4 is 5.32 Å². The van der Waals surface area contributed by atoms with Crippen molar-refractivity contribution >= 4 is 34.5 Å². The Bertz CT molecular complexity index is 835. The van der Waals surface area contributed by atoms with E-state index in [-0.39, 0.29) is 0 Å². The lowest BCUT2D eigenvalue weighted by Crippen LogP contribution is -2.02. The van der Waals surface area contributed by atoms with Crippen molar-refractivity contribution in [3.05, 3.63) is 64.5 Å². The number of nitrogens with one attached hydrogen (secondary N) is 1. The Labute approximate surface area is 136 Å². The molecule has 0 radical (unpaired) electrons. The number of anilines is 2. The van der Waals surface area contributed by atoms with Crippen molar-refractivity contribution in [3.8, 4) is 0 Å². The van der Waals surface area contributed by atoms with Crippen LogP contribution in [-0.2, 0) is 4.79 Å². The summed E-state index contributed by atoms with van der Waals surface area (Å²) in [5.74, 6) is -0.487. The topological polar surface area (TPSA) is 80.0 Å². The number of rotatable bonds is 5. The van der Waals surface area contributed by atoms with Gasteiger partial charge in [0, 0.05) is 5.69 Å². The first kappa shape index (κ1) is 15.0. The molecule has 116 valence electrons. The molecule has 3 aromatic rings. The first-order valence-corrected chi connectivity index (χ1v) is 7.75. The molecule has 0 amide bonds. The van der Waals surface area contributed by atoms with Crippen LogP contribution in [0, 0.1) is 6.92 Å². The first-order valence-electron chi connectivity index (χ1n) is 6.87. The third-order valence-electron chi connectivity index (χ3n) is 3.10. The van der Waals surface area contributed by atoms with Crippen LogP contribution in [0.25, 0.3) is 5.70 Å². The zero-order valence-electron chi connectivity index (χ0n) is 12.3. The van der Waals surface area contributed by atoms with Gasteiger partial charge in [-0.05, 0) is 30.5 Å². The van der Waals surface area contributed by atoms with Crippen LogP contribution in [0.2, 0.25) is 0 Å². The molecule has 0 aliphatic heterocycles. The fourth-order valence-corrected chi connectivity index (χ4v) is 2.75. The van der Waals surface area contributed by atoms with Gasteiger partial charge in [-0.2, -0.15) is 0 Å². The smallest absolute Gasteiger partial charge is 0.330 e. The van der Waals surface area contributed by atoms with Gasteiger partial charge in [-0.25, -0.2) is 9.48 Å². The molecule has 23 heavy (non-hydrogen) atoms. The molecular formula is C16H14N4O2S. The molecule has 0 unspecified atom stereocenters. The molecule has 0 spiro atoms. The summed E-state index contributed by atoms with van der Waals surface area (Å²) in [4.78, 5) is 11.9. The van der Waals surface area contributed by atoms with E-state index in [1.54, 1.807) is 6.20 Å². The second-order valence-corrected chi connectivity index (χ2v) is 5.83. The Kier molecular flexibility index (Phi) is 4.20. The zero-order chi connectivity index (χ0) is 16.2. The normalized spacial score (nSPS) is 11.4. The minimum absolute atomic E-state index is 0.469. The number of hydrogen-bond donors (Lipinski definition) is 2. The molecule has 0 fully saturated rings. The van der Waals surface area contributed by atoms with E-state index in [0.29, 0.717) is 11.5 Å². The summed E-state index contributed by atoms with van der Waals surface area (Å²) >= 11 is 1.44. The first-order chi connectivity index (χ1) is 11.1. The Morgan fingerprint density at radius 3 is 2.74 bits per heavy atom. The molecule has 0 atom stereocenters. The highest BCUT2D eigenvalue weighted by Gasteiger charge is 2.11. The van der Waals surface area contributed by atoms with Gasteiger partial charge in [-0.15, -0.1) is 16.4 Å². The van der Waals surface area contributed by atoms with Gasteiger partial charge in [-0.1, -0.05) is 29.0 Å². The average Bonchev–Trinajstić information content (AvgIpc) is 3.19. The molecule has 0 aliphatic rings. The predicted molar refractivity (Wildman–Crippen MR) is 89.8 cm³/mol. The minimum atomic E-state index is -1.03. The van der Waals surface area contributed by atoms with Crippen molar-refractivity contribution < 1.29 is 9.90 Å². The van der Waals surface area contributed by atoms with Crippen LogP contribution in [0.4, 0.5) is 11.5 Å². The van der Waals surface area contributed by atoms with Crippen LogP contribution in [0.5, 0.6) is 0 Å². The molecule has 0 aliphatic carbocycles. The lowest BCUT2D eigenvalue weighted by molar-refractivity contribution is -0.131. The van der Waals surface area contributed by atoms with Gasteiger partial charge in [0.1, 0.15) is 0 Å². The Morgan fingerprint density at radius 2 is 2.09 bits per heavy atom. The lowest BCUT2D eigenvalue weighted by atomic mass is 10.2. The third-order valence-corrected chi connectivity index (χ3v) is 3.99. The van der Waals surface area contributed by atoms with Crippen molar-refractivity contribution in [1.29, 1.82) is 0 Å². The summed E-state index contributed by atoms with van der Waals surface area (Å²) in [5, 5.41) is 22.1. The number of aryl methyl sites for hydroxylation is 1. The SMILES string of the molecule is Cc1ccc(Nc2cn(C(=CC(=O)O)c3cccs3)nn2)cc1. The molecule has 1 aromatic carbocycles. The van der Waals surface area contributed by atoms with Gasteiger partial charge >= 0.3 is 5.97 Å². The van der Waals surface area contributed by atoms with Crippen LogP contribution in [0.15, 0.2) is 54.1 Å². The molecule has 2 heterocycles. The van der Waals surface area contributed by atoms with E-state index in [0.717, 1.165) is 16.6 Å². The molecule has 2 N–H and O–H groups in total. The van der Waals surface area contributed by atoms with Gasteiger partial charge in [0.25, 0.3) is 0 Å². The maximum absolute atomic E-state index is 11.1. The highest BCUT2D eigenvalue weighted by atomic mass is 32.1. The number of carboxylic acid groups (broad SMARTS) is 1. The fourth-order valence-electron chi connectivity index (χ4n) is 2.02. The van der Waals surface area contributed by atoms with E-state index in [1.807, 2.05) is 48.7 Å². The summed E-state index contributed by atoms with van der Waals surface area (Å²) in [6, 6.07) is 11.6. The van der Waals surface area contributed by atoms with Gasteiger partial charge in [0.2, 0.25) is 0 Å². The number of aromatic nitrogens is 3. The van der Waals surface area contributed by atoms with Gasteiger partial charge in [-0.3, -0.25) is 0 Å². The summed E-state index contributed by atoms with van der Waals surface area (Å²) in [5.41, 5.74) is 2.53. The Hall–Kier alpha value is -2.93. The van der Waals surface area contributed by atoms with E-state index in [1.165, 1.54) is 21.6 Å². The molecular weight excluding hydrogens is 312 g/mol. The number of carboxylic acids is 1. The highest BCUT2D eigenvalue weighted by molar-refractivity contribution is 7.11. The molecule has 0 bridgehead atoms. The van der Waals surface area contributed by atoms with Gasteiger partial charge < -0.3 is 10.4 Å². The maximum Gasteiger partial charge on any atom is 0.330 e. The number of thiophene rings is 1. The van der Waals surface area contributed by atoms with E-state index >= 15 is 0 Å². The van der Waals surface area contributed by atoms with E-state index in [9.17, 15) is 4.79 Å². The Balaban J connectivity index is 1.87. The predicted octanol–water partition coefficient (Wildman–Crippen LogP) is 3.37. The number of aliphatic carboxylic acids is 1. The van der Waals surface area contributed by atoms with Crippen molar-refractivity contribution in [2.45, 2.75) is 6.92 Å². The minimum Gasteiger partial charge on any atom is -0.478 e.